The van der Waals surface area contributed by atoms with E-state index in [1.807, 2.05) is 18.5 Å². The van der Waals surface area contributed by atoms with Crippen molar-refractivity contribution >= 4 is 5.91 Å². The minimum Gasteiger partial charge on any atom is -0.363 e. The predicted molar refractivity (Wildman–Crippen MR) is 97.8 cm³/mol. The van der Waals surface area contributed by atoms with E-state index in [1.165, 1.54) is 5.56 Å². The fourth-order valence-electron chi connectivity index (χ4n) is 3.61. The Morgan fingerprint density at radius 2 is 2.11 bits per heavy atom. The van der Waals surface area contributed by atoms with Crippen LogP contribution in [0.2, 0.25) is 0 Å². The molecule has 1 atom stereocenters. The van der Waals surface area contributed by atoms with Gasteiger partial charge in [-0.1, -0.05) is 35.5 Å². The molecule has 2 aromatic heterocycles. The minimum absolute atomic E-state index is 0.0723. The highest BCUT2D eigenvalue weighted by atomic mass is 16.5. The topological polar surface area (TPSA) is 103 Å². The minimum atomic E-state index is -0.676. The lowest BCUT2D eigenvalue weighted by molar-refractivity contribution is 0.0987. The Bertz CT molecular complexity index is 904. The van der Waals surface area contributed by atoms with Crippen LogP contribution in [-0.2, 0) is 13.1 Å². The highest BCUT2D eigenvalue weighted by Crippen LogP contribution is 2.27. The highest BCUT2D eigenvalue weighted by Gasteiger charge is 2.26. The predicted octanol–water partition coefficient (Wildman–Crippen LogP) is 1.79. The van der Waals surface area contributed by atoms with Crippen molar-refractivity contribution in [1.82, 2.24) is 24.6 Å². The molecule has 0 bridgehead atoms. The number of rotatable bonds is 6. The Morgan fingerprint density at radius 1 is 1.26 bits per heavy atom. The van der Waals surface area contributed by atoms with Crippen LogP contribution in [0.5, 0.6) is 0 Å². The molecule has 0 aliphatic carbocycles. The third kappa shape index (κ3) is 4.06. The SMILES string of the molecule is NC(=O)c1noc(CN2CCCC(c3nccn3Cc3ccccc3)C2)n1. The molecule has 1 aliphatic rings. The Kier molecular flexibility index (Phi) is 4.97. The van der Waals surface area contributed by atoms with Gasteiger partial charge >= 0.3 is 0 Å². The van der Waals surface area contributed by atoms with Gasteiger partial charge in [-0.05, 0) is 24.9 Å². The Hall–Kier alpha value is -3.00. The number of aromatic nitrogens is 4. The van der Waals surface area contributed by atoms with Crippen molar-refractivity contribution in [3.63, 3.8) is 0 Å². The Labute approximate surface area is 157 Å². The Balaban J connectivity index is 1.44. The van der Waals surface area contributed by atoms with Crippen LogP contribution in [0.15, 0.2) is 47.2 Å². The molecular weight excluding hydrogens is 344 g/mol. The molecule has 27 heavy (non-hydrogen) atoms. The van der Waals surface area contributed by atoms with Crippen LogP contribution < -0.4 is 5.73 Å². The number of benzene rings is 1. The van der Waals surface area contributed by atoms with Crippen LogP contribution in [0.4, 0.5) is 0 Å². The van der Waals surface area contributed by atoms with E-state index < -0.39 is 5.91 Å². The van der Waals surface area contributed by atoms with E-state index in [0.717, 1.165) is 38.3 Å². The van der Waals surface area contributed by atoms with Crippen LogP contribution in [-0.4, -0.2) is 43.6 Å². The summed E-state index contributed by atoms with van der Waals surface area (Å²) in [5.74, 6) is 1.11. The molecule has 2 N–H and O–H groups in total. The standard InChI is InChI=1S/C19H22N6O2/c20-17(26)18-22-16(27-23-18)13-24-9-4-7-15(12-24)19-21-8-10-25(19)11-14-5-2-1-3-6-14/h1-3,5-6,8,10,15H,4,7,9,11-13H2,(H2,20,26). The molecule has 0 saturated carbocycles. The summed E-state index contributed by atoms with van der Waals surface area (Å²) in [5.41, 5.74) is 6.44. The molecule has 1 saturated heterocycles. The number of imidazole rings is 1. The molecular formula is C19H22N6O2. The third-order valence-electron chi connectivity index (χ3n) is 4.86. The summed E-state index contributed by atoms with van der Waals surface area (Å²) in [6.07, 6.45) is 6.07. The number of nitrogens with zero attached hydrogens (tertiary/aromatic N) is 5. The molecule has 1 aromatic carbocycles. The van der Waals surface area contributed by atoms with E-state index in [-0.39, 0.29) is 5.82 Å². The summed E-state index contributed by atoms with van der Waals surface area (Å²) < 4.78 is 7.36. The number of hydrogen-bond acceptors (Lipinski definition) is 6. The number of hydrogen-bond donors (Lipinski definition) is 1. The lowest BCUT2D eigenvalue weighted by Gasteiger charge is -2.31. The molecule has 1 aliphatic heterocycles. The van der Waals surface area contributed by atoms with Gasteiger partial charge in [-0.15, -0.1) is 0 Å². The molecule has 8 heteroatoms. The summed E-state index contributed by atoms with van der Waals surface area (Å²) in [7, 11) is 0. The number of amides is 1. The monoisotopic (exact) mass is 366 g/mol. The zero-order valence-electron chi connectivity index (χ0n) is 15.0. The molecule has 140 valence electrons. The lowest BCUT2D eigenvalue weighted by Crippen LogP contribution is -2.35. The fraction of sp³-hybridized carbons (Fsp3) is 0.368. The molecule has 1 unspecified atom stereocenters. The normalized spacial score (nSPS) is 17.9. The van der Waals surface area contributed by atoms with Crippen LogP contribution in [0, 0.1) is 0 Å². The summed E-state index contributed by atoms with van der Waals surface area (Å²) in [4.78, 5) is 22.1. The maximum absolute atomic E-state index is 11.1. The fourth-order valence-corrected chi connectivity index (χ4v) is 3.61. The van der Waals surface area contributed by atoms with Crippen LogP contribution in [0.25, 0.3) is 0 Å². The van der Waals surface area contributed by atoms with Gasteiger partial charge in [0.25, 0.3) is 11.7 Å². The average molecular weight is 366 g/mol. The molecule has 3 aromatic rings. The van der Waals surface area contributed by atoms with E-state index in [0.29, 0.717) is 18.4 Å². The molecule has 8 nitrogen and oxygen atoms in total. The number of carbonyl (C=O) groups excluding carboxylic acids is 1. The van der Waals surface area contributed by atoms with E-state index in [2.05, 4.69) is 48.9 Å². The van der Waals surface area contributed by atoms with Gasteiger partial charge in [0.15, 0.2) is 0 Å². The summed E-state index contributed by atoms with van der Waals surface area (Å²) in [6, 6.07) is 10.4. The Morgan fingerprint density at radius 3 is 2.89 bits per heavy atom. The van der Waals surface area contributed by atoms with Crippen molar-refractivity contribution in [3.05, 3.63) is 65.8 Å². The molecule has 1 amide bonds. The quantitative estimate of drug-likeness (QED) is 0.713. The van der Waals surface area contributed by atoms with Gasteiger partial charge in [0, 0.05) is 31.4 Å². The van der Waals surface area contributed by atoms with Gasteiger partial charge in [-0.2, -0.15) is 4.98 Å². The van der Waals surface area contributed by atoms with Crippen molar-refractivity contribution in [1.29, 1.82) is 0 Å². The van der Waals surface area contributed by atoms with Crippen LogP contribution >= 0.6 is 0 Å². The summed E-state index contributed by atoms with van der Waals surface area (Å²) in [5, 5.41) is 3.61. The molecule has 4 rings (SSSR count). The summed E-state index contributed by atoms with van der Waals surface area (Å²) in [6.45, 7) is 3.14. The number of primary amides is 1. The van der Waals surface area contributed by atoms with Gasteiger partial charge in [0.05, 0.1) is 6.54 Å². The van der Waals surface area contributed by atoms with Crippen LogP contribution in [0.3, 0.4) is 0 Å². The molecule has 3 heterocycles. The van der Waals surface area contributed by atoms with E-state index in [9.17, 15) is 4.79 Å². The van der Waals surface area contributed by atoms with Gasteiger partial charge in [0.2, 0.25) is 5.89 Å². The highest BCUT2D eigenvalue weighted by molar-refractivity contribution is 5.88. The van der Waals surface area contributed by atoms with E-state index >= 15 is 0 Å². The van der Waals surface area contributed by atoms with E-state index in [4.69, 9.17) is 10.3 Å². The van der Waals surface area contributed by atoms with Crippen molar-refractivity contribution in [3.8, 4) is 0 Å². The first-order valence-corrected chi connectivity index (χ1v) is 9.09. The van der Waals surface area contributed by atoms with Gasteiger partial charge < -0.3 is 14.8 Å². The van der Waals surface area contributed by atoms with Crippen molar-refractivity contribution in [2.75, 3.05) is 13.1 Å². The maximum Gasteiger partial charge on any atom is 0.290 e. The summed E-state index contributed by atoms with van der Waals surface area (Å²) >= 11 is 0. The maximum atomic E-state index is 11.1. The van der Waals surface area contributed by atoms with Crippen molar-refractivity contribution in [2.24, 2.45) is 5.73 Å². The second-order valence-electron chi connectivity index (χ2n) is 6.85. The van der Waals surface area contributed by atoms with Gasteiger partial charge in [0.1, 0.15) is 5.82 Å². The third-order valence-corrected chi connectivity index (χ3v) is 4.86. The van der Waals surface area contributed by atoms with Crippen molar-refractivity contribution in [2.45, 2.75) is 31.8 Å². The number of carbonyl (C=O) groups is 1. The lowest BCUT2D eigenvalue weighted by atomic mass is 9.97. The molecule has 1 fully saturated rings. The first kappa shape index (κ1) is 17.4. The van der Waals surface area contributed by atoms with Gasteiger partial charge in [-0.25, -0.2) is 4.98 Å². The van der Waals surface area contributed by atoms with Crippen molar-refractivity contribution < 1.29 is 9.32 Å². The molecule has 0 radical (unpaired) electrons. The second kappa shape index (κ2) is 7.71. The number of likely N-dealkylation sites (tertiary alicyclic amines) is 1. The molecule has 0 spiro atoms. The average Bonchev–Trinajstić information content (AvgIpc) is 3.32. The first-order chi connectivity index (χ1) is 13.2. The smallest absolute Gasteiger partial charge is 0.290 e. The number of nitrogens with two attached hydrogens (primary N) is 1. The van der Waals surface area contributed by atoms with Crippen LogP contribution in [0.1, 0.15) is 46.7 Å². The zero-order valence-corrected chi connectivity index (χ0v) is 15.0. The van der Waals surface area contributed by atoms with Gasteiger partial charge in [-0.3, -0.25) is 9.69 Å². The largest absolute Gasteiger partial charge is 0.363 e. The number of piperidine rings is 1. The first-order valence-electron chi connectivity index (χ1n) is 9.09. The zero-order chi connectivity index (χ0) is 18.6. The van der Waals surface area contributed by atoms with E-state index in [1.54, 1.807) is 0 Å². The second-order valence-corrected chi connectivity index (χ2v) is 6.85.